The Bertz CT molecular complexity index is 650. The molecule has 0 heterocycles. The number of hydrogen-bond donors (Lipinski definition) is 1. The lowest BCUT2D eigenvalue weighted by molar-refractivity contribution is 0.0954. The number of halogens is 1. The zero-order valence-corrected chi connectivity index (χ0v) is 14.8. The van der Waals surface area contributed by atoms with Gasteiger partial charge in [-0.2, -0.15) is 0 Å². The summed E-state index contributed by atoms with van der Waals surface area (Å²) in [6.07, 6.45) is 0.868. The summed E-state index contributed by atoms with van der Waals surface area (Å²) in [5, 5.41) is 2.99. The fourth-order valence-electron chi connectivity index (χ4n) is 2.58. The van der Waals surface area contributed by atoms with Crippen LogP contribution >= 0.6 is 22.6 Å². The Hall–Kier alpha value is -1.36. The van der Waals surface area contributed by atoms with E-state index < -0.39 is 0 Å². The molecule has 110 valence electrons. The maximum atomic E-state index is 12.0. The van der Waals surface area contributed by atoms with Crippen LogP contribution in [0.4, 0.5) is 0 Å². The van der Waals surface area contributed by atoms with Crippen molar-refractivity contribution in [1.82, 2.24) is 5.32 Å². The van der Waals surface area contributed by atoms with Crippen LogP contribution in [0.15, 0.2) is 36.4 Å². The van der Waals surface area contributed by atoms with Crippen molar-refractivity contribution in [2.24, 2.45) is 0 Å². The average molecular weight is 393 g/mol. The molecule has 0 radical (unpaired) electrons. The SMILES string of the molecule is Cc1cc(C)c(CCNC(=O)c2ccccc2)c(C)c1I. The summed E-state index contributed by atoms with van der Waals surface area (Å²) in [6.45, 7) is 7.11. The van der Waals surface area contributed by atoms with E-state index in [4.69, 9.17) is 0 Å². The van der Waals surface area contributed by atoms with Crippen molar-refractivity contribution in [3.8, 4) is 0 Å². The highest BCUT2D eigenvalue weighted by atomic mass is 127. The molecule has 2 aromatic carbocycles. The molecule has 0 saturated carbocycles. The standard InChI is InChI=1S/C18H20INO/c1-12-11-13(2)17(19)14(3)16(12)9-10-20-18(21)15-7-5-4-6-8-15/h4-8,11H,9-10H2,1-3H3,(H,20,21). The summed E-state index contributed by atoms with van der Waals surface area (Å²) in [4.78, 5) is 12.0. The van der Waals surface area contributed by atoms with Crippen LogP contribution in [0.25, 0.3) is 0 Å². The van der Waals surface area contributed by atoms with Gasteiger partial charge < -0.3 is 5.32 Å². The Labute approximate surface area is 140 Å². The molecule has 1 amide bonds. The van der Waals surface area contributed by atoms with Gasteiger partial charge in [-0.25, -0.2) is 0 Å². The second kappa shape index (κ2) is 7.07. The van der Waals surface area contributed by atoms with Crippen molar-refractivity contribution < 1.29 is 4.79 Å². The third kappa shape index (κ3) is 3.84. The van der Waals surface area contributed by atoms with Crippen molar-refractivity contribution in [2.75, 3.05) is 6.54 Å². The smallest absolute Gasteiger partial charge is 0.251 e. The maximum Gasteiger partial charge on any atom is 0.251 e. The molecule has 0 aliphatic carbocycles. The molecule has 21 heavy (non-hydrogen) atoms. The molecule has 2 nitrogen and oxygen atoms in total. The molecule has 2 rings (SSSR count). The number of carbonyl (C=O) groups excluding carboxylic acids is 1. The van der Waals surface area contributed by atoms with Crippen LogP contribution in [0, 0.1) is 24.3 Å². The van der Waals surface area contributed by atoms with Gasteiger partial charge in [-0.15, -0.1) is 0 Å². The van der Waals surface area contributed by atoms with Crippen LogP contribution in [0.2, 0.25) is 0 Å². The van der Waals surface area contributed by atoms with Gasteiger partial charge in [0.2, 0.25) is 0 Å². The largest absolute Gasteiger partial charge is 0.352 e. The van der Waals surface area contributed by atoms with Crippen molar-refractivity contribution in [3.05, 3.63) is 67.8 Å². The third-order valence-electron chi connectivity index (χ3n) is 3.73. The number of benzene rings is 2. The van der Waals surface area contributed by atoms with Gasteiger partial charge in [0.05, 0.1) is 0 Å². The number of nitrogens with one attached hydrogen (secondary N) is 1. The predicted molar refractivity (Wildman–Crippen MR) is 95.8 cm³/mol. The fraction of sp³-hybridized carbons (Fsp3) is 0.278. The van der Waals surface area contributed by atoms with Gasteiger partial charge in [-0.05, 0) is 84.2 Å². The van der Waals surface area contributed by atoms with Crippen LogP contribution in [0.5, 0.6) is 0 Å². The van der Waals surface area contributed by atoms with Gasteiger partial charge >= 0.3 is 0 Å². The minimum Gasteiger partial charge on any atom is -0.352 e. The van der Waals surface area contributed by atoms with E-state index >= 15 is 0 Å². The quantitative estimate of drug-likeness (QED) is 0.776. The first-order chi connectivity index (χ1) is 10.0. The minimum absolute atomic E-state index is 0.00675. The molecule has 0 spiro atoms. The van der Waals surface area contributed by atoms with E-state index in [9.17, 15) is 4.79 Å². The topological polar surface area (TPSA) is 29.1 Å². The van der Waals surface area contributed by atoms with E-state index in [-0.39, 0.29) is 5.91 Å². The van der Waals surface area contributed by atoms with Crippen molar-refractivity contribution in [1.29, 1.82) is 0 Å². The van der Waals surface area contributed by atoms with E-state index in [0.717, 1.165) is 6.42 Å². The number of carbonyl (C=O) groups is 1. The van der Waals surface area contributed by atoms with E-state index in [1.807, 2.05) is 30.3 Å². The highest BCUT2D eigenvalue weighted by molar-refractivity contribution is 14.1. The van der Waals surface area contributed by atoms with Crippen LogP contribution in [0.3, 0.4) is 0 Å². The van der Waals surface area contributed by atoms with Gasteiger partial charge in [0.25, 0.3) is 5.91 Å². The van der Waals surface area contributed by atoms with E-state index in [2.05, 4.69) is 54.7 Å². The highest BCUT2D eigenvalue weighted by Crippen LogP contribution is 2.23. The van der Waals surface area contributed by atoms with Crippen LogP contribution < -0.4 is 5.32 Å². The lowest BCUT2D eigenvalue weighted by atomic mass is 9.97. The monoisotopic (exact) mass is 393 g/mol. The van der Waals surface area contributed by atoms with E-state index in [1.165, 1.54) is 25.8 Å². The minimum atomic E-state index is -0.00675. The molecule has 0 fully saturated rings. The van der Waals surface area contributed by atoms with Crippen LogP contribution in [-0.2, 0) is 6.42 Å². The Balaban J connectivity index is 2.02. The van der Waals surface area contributed by atoms with E-state index in [0.29, 0.717) is 12.1 Å². The molecule has 2 aromatic rings. The zero-order valence-electron chi connectivity index (χ0n) is 12.7. The number of aryl methyl sites for hydroxylation is 2. The normalized spacial score (nSPS) is 10.5. The summed E-state index contributed by atoms with van der Waals surface area (Å²) in [6, 6.07) is 11.6. The van der Waals surface area contributed by atoms with Crippen LogP contribution in [0.1, 0.15) is 32.6 Å². The molecule has 1 N–H and O–H groups in total. The van der Waals surface area contributed by atoms with Crippen molar-refractivity contribution in [3.63, 3.8) is 0 Å². The maximum absolute atomic E-state index is 12.0. The fourth-order valence-corrected chi connectivity index (χ4v) is 3.06. The Kier molecular flexibility index (Phi) is 5.39. The summed E-state index contributed by atoms with van der Waals surface area (Å²) < 4.78 is 1.32. The zero-order chi connectivity index (χ0) is 15.4. The lowest BCUT2D eigenvalue weighted by Crippen LogP contribution is -2.26. The molecule has 0 atom stereocenters. The summed E-state index contributed by atoms with van der Waals surface area (Å²) in [5.74, 6) is -0.00675. The van der Waals surface area contributed by atoms with Crippen molar-refractivity contribution >= 4 is 28.5 Å². The lowest BCUT2D eigenvalue weighted by Gasteiger charge is -2.14. The van der Waals surface area contributed by atoms with Gasteiger partial charge in [0, 0.05) is 15.7 Å². The molecular formula is C18H20INO. The van der Waals surface area contributed by atoms with Gasteiger partial charge in [-0.3, -0.25) is 4.79 Å². The predicted octanol–water partition coefficient (Wildman–Crippen LogP) is 4.19. The average Bonchev–Trinajstić information content (AvgIpc) is 2.49. The van der Waals surface area contributed by atoms with Gasteiger partial charge in [0.15, 0.2) is 0 Å². The molecular weight excluding hydrogens is 373 g/mol. The first-order valence-corrected chi connectivity index (χ1v) is 8.17. The second-order valence-corrected chi connectivity index (χ2v) is 6.38. The molecule has 0 aliphatic heterocycles. The van der Waals surface area contributed by atoms with E-state index in [1.54, 1.807) is 0 Å². The van der Waals surface area contributed by atoms with Crippen LogP contribution in [-0.4, -0.2) is 12.5 Å². The highest BCUT2D eigenvalue weighted by Gasteiger charge is 2.10. The number of hydrogen-bond acceptors (Lipinski definition) is 1. The Morgan fingerprint density at radius 1 is 1.10 bits per heavy atom. The number of amides is 1. The molecule has 0 bridgehead atoms. The first-order valence-electron chi connectivity index (χ1n) is 7.09. The summed E-state index contributed by atoms with van der Waals surface area (Å²) >= 11 is 2.40. The van der Waals surface area contributed by atoms with Gasteiger partial charge in [-0.1, -0.05) is 24.3 Å². The molecule has 0 aromatic heterocycles. The Morgan fingerprint density at radius 3 is 2.43 bits per heavy atom. The third-order valence-corrected chi connectivity index (χ3v) is 5.39. The first kappa shape index (κ1) is 16.0. The molecule has 3 heteroatoms. The Morgan fingerprint density at radius 2 is 1.76 bits per heavy atom. The second-order valence-electron chi connectivity index (χ2n) is 5.30. The number of rotatable bonds is 4. The van der Waals surface area contributed by atoms with Gasteiger partial charge in [0.1, 0.15) is 0 Å². The molecule has 0 unspecified atom stereocenters. The summed E-state index contributed by atoms with van der Waals surface area (Å²) in [5.41, 5.74) is 6.02. The molecule has 0 saturated heterocycles. The molecule has 0 aliphatic rings. The summed E-state index contributed by atoms with van der Waals surface area (Å²) in [7, 11) is 0. The van der Waals surface area contributed by atoms with Crippen molar-refractivity contribution in [2.45, 2.75) is 27.2 Å².